The number of amides is 2. The number of hydrogen-bond donors (Lipinski definition) is 2. The zero-order valence-electron chi connectivity index (χ0n) is 17.9. The second-order valence-electron chi connectivity index (χ2n) is 7.66. The number of para-hydroxylation sites is 2. The fourth-order valence-electron chi connectivity index (χ4n) is 3.76. The van der Waals surface area contributed by atoms with E-state index < -0.39 is 27.9 Å². The van der Waals surface area contributed by atoms with E-state index in [0.717, 1.165) is 9.87 Å². The van der Waals surface area contributed by atoms with E-state index in [-0.39, 0.29) is 27.0 Å². The molecule has 1 aliphatic rings. The van der Waals surface area contributed by atoms with Crippen LogP contribution in [-0.2, 0) is 26.0 Å². The van der Waals surface area contributed by atoms with Gasteiger partial charge in [0.15, 0.2) is 0 Å². The minimum absolute atomic E-state index is 0.0627. The molecule has 1 unspecified atom stereocenters. The van der Waals surface area contributed by atoms with E-state index in [4.69, 9.17) is 23.2 Å². The molecule has 0 aliphatic carbocycles. The first-order valence-electron chi connectivity index (χ1n) is 10.5. The normalized spacial score (nSPS) is 15.4. The lowest BCUT2D eigenvalue weighted by Gasteiger charge is -2.36. The zero-order chi connectivity index (χ0) is 24.3. The second-order valence-corrected chi connectivity index (χ2v) is 10.2. The van der Waals surface area contributed by atoms with E-state index in [2.05, 4.69) is 10.6 Å². The molecule has 0 aromatic heterocycles. The summed E-state index contributed by atoms with van der Waals surface area (Å²) >= 11 is 12.3. The molecule has 176 valence electrons. The van der Waals surface area contributed by atoms with Gasteiger partial charge in [-0.25, -0.2) is 8.42 Å². The third kappa shape index (κ3) is 4.89. The maximum absolute atomic E-state index is 13.7. The van der Waals surface area contributed by atoms with Crippen LogP contribution in [-0.4, -0.2) is 32.8 Å². The highest BCUT2D eigenvalue weighted by molar-refractivity contribution is 7.93. The van der Waals surface area contributed by atoms with Gasteiger partial charge in [-0.15, -0.1) is 0 Å². The minimum atomic E-state index is -4.34. The lowest BCUT2D eigenvalue weighted by Crippen LogP contribution is -2.52. The molecule has 2 amide bonds. The molecule has 34 heavy (non-hydrogen) atoms. The minimum Gasteiger partial charge on any atom is -0.356 e. The van der Waals surface area contributed by atoms with E-state index in [1.54, 1.807) is 24.3 Å². The zero-order valence-corrected chi connectivity index (χ0v) is 20.2. The molecule has 0 radical (unpaired) electrons. The van der Waals surface area contributed by atoms with Gasteiger partial charge < -0.3 is 10.6 Å². The number of sulfonamides is 1. The molecule has 1 aliphatic heterocycles. The first-order chi connectivity index (χ1) is 16.3. The van der Waals surface area contributed by atoms with E-state index in [1.165, 1.54) is 18.2 Å². The number of carbonyl (C=O) groups is 2. The Morgan fingerprint density at radius 2 is 1.68 bits per heavy atom. The number of nitrogens with one attached hydrogen (secondary N) is 2. The molecule has 4 rings (SSSR count). The molecular formula is C24H21Cl2N3O4S. The van der Waals surface area contributed by atoms with Gasteiger partial charge in [0.1, 0.15) is 10.9 Å². The third-order valence-electron chi connectivity index (χ3n) is 5.40. The summed E-state index contributed by atoms with van der Waals surface area (Å²) in [4.78, 5) is 25.5. The van der Waals surface area contributed by atoms with E-state index in [0.29, 0.717) is 18.7 Å². The molecule has 3 aromatic rings. The Labute approximate surface area is 207 Å². The average Bonchev–Trinajstić information content (AvgIpc) is 2.81. The van der Waals surface area contributed by atoms with Gasteiger partial charge in [-0.1, -0.05) is 71.7 Å². The fraction of sp³-hybridized carbons (Fsp3) is 0.167. The van der Waals surface area contributed by atoms with Gasteiger partial charge in [0.2, 0.25) is 11.8 Å². The van der Waals surface area contributed by atoms with Crippen molar-refractivity contribution in [1.82, 2.24) is 5.32 Å². The van der Waals surface area contributed by atoms with E-state index >= 15 is 0 Å². The standard InChI is InChI=1S/C24H21Cl2N3O4S/c25-17-9-6-12-21(23(17)26)34(32,33)29-19-11-5-4-10-18(19)28-24(31)20(29)15-22(30)27-14-13-16-7-2-1-3-8-16/h1-12,20H,13-15H2,(H,27,30)(H,28,31). The Hall–Kier alpha value is -3.07. The molecule has 0 saturated carbocycles. The number of benzene rings is 3. The largest absolute Gasteiger partial charge is 0.356 e. The molecule has 1 heterocycles. The maximum atomic E-state index is 13.7. The number of fused-ring (bicyclic) bond motifs is 1. The number of hydrogen-bond acceptors (Lipinski definition) is 4. The topological polar surface area (TPSA) is 95.6 Å². The second kappa shape index (κ2) is 10.0. The smallest absolute Gasteiger partial charge is 0.266 e. The van der Waals surface area contributed by atoms with Crippen LogP contribution in [0.25, 0.3) is 0 Å². The number of rotatable bonds is 7. The van der Waals surface area contributed by atoms with Crippen molar-refractivity contribution < 1.29 is 18.0 Å². The summed E-state index contributed by atoms with van der Waals surface area (Å²) in [5, 5.41) is 5.37. The van der Waals surface area contributed by atoms with Crippen molar-refractivity contribution >= 4 is 56.4 Å². The van der Waals surface area contributed by atoms with Gasteiger partial charge in [-0.2, -0.15) is 0 Å². The van der Waals surface area contributed by atoms with Crippen molar-refractivity contribution in [1.29, 1.82) is 0 Å². The number of halogens is 2. The van der Waals surface area contributed by atoms with Gasteiger partial charge in [-0.05, 0) is 36.2 Å². The molecule has 7 nitrogen and oxygen atoms in total. The predicted octanol–water partition coefficient (Wildman–Crippen LogP) is 4.26. The van der Waals surface area contributed by atoms with Crippen molar-refractivity contribution in [3.63, 3.8) is 0 Å². The highest BCUT2D eigenvalue weighted by Crippen LogP contribution is 2.39. The molecule has 1 atom stereocenters. The van der Waals surface area contributed by atoms with Crippen LogP contribution in [0.4, 0.5) is 11.4 Å². The SMILES string of the molecule is O=C(CC1C(=O)Nc2ccccc2N1S(=O)(=O)c1cccc(Cl)c1Cl)NCCc1ccccc1. The molecule has 10 heteroatoms. The van der Waals surface area contributed by atoms with Gasteiger partial charge in [0.25, 0.3) is 10.0 Å². The van der Waals surface area contributed by atoms with Crippen molar-refractivity contribution in [3.05, 3.63) is 88.4 Å². The molecule has 2 N–H and O–H groups in total. The Morgan fingerprint density at radius 3 is 2.44 bits per heavy atom. The summed E-state index contributed by atoms with van der Waals surface area (Å²) < 4.78 is 28.4. The summed E-state index contributed by atoms with van der Waals surface area (Å²) in [5.74, 6) is -1.06. The van der Waals surface area contributed by atoms with Crippen LogP contribution in [0, 0.1) is 0 Å². The summed E-state index contributed by atoms with van der Waals surface area (Å²) in [5.41, 5.74) is 1.60. The first-order valence-corrected chi connectivity index (χ1v) is 12.7. The molecule has 0 bridgehead atoms. The van der Waals surface area contributed by atoms with Crippen molar-refractivity contribution in [2.24, 2.45) is 0 Å². The number of nitrogens with zero attached hydrogens (tertiary/aromatic N) is 1. The number of carbonyl (C=O) groups excluding carboxylic acids is 2. The Kier molecular flexibility index (Phi) is 7.11. The summed E-state index contributed by atoms with van der Waals surface area (Å²) in [6.07, 6.45) is 0.235. The highest BCUT2D eigenvalue weighted by atomic mass is 35.5. The van der Waals surface area contributed by atoms with Gasteiger partial charge in [0, 0.05) is 6.54 Å². The van der Waals surface area contributed by atoms with Crippen LogP contribution in [0.1, 0.15) is 12.0 Å². The fourth-order valence-corrected chi connectivity index (χ4v) is 6.13. The maximum Gasteiger partial charge on any atom is 0.266 e. The molecular weight excluding hydrogens is 497 g/mol. The van der Waals surface area contributed by atoms with Crippen molar-refractivity contribution in [3.8, 4) is 0 Å². The quantitative estimate of drug-likeness (QED) is 0.489. The highest BCUT2D eigenvalue weighted by Gasteiger charge is 2.42. The average molecular weight is 518 g/mol. The molecule has 0 saturated heterocycles. The van der Waals surface area contributed by atoms with Gasteiger partial charge in [-0.3, -0.25) is 13.9 Å². The Balaban J connectivity index is 1.63. The van der Waals surface area contributed by atoms with E-state index in [1.807, 2.05) is 30.3 Å². The van der Waals surface area contributed by atoms with Gasteiger partial charge >= 0.3 is 0 Å². The van der Waals surface area contributed by atoms with E-state index in [9.17, 15) is 18.0 Å². The third-order valence-corrected chi connectivity index (χ3v) is 8.19. The Bertz CT molecular complexity index is 1330. The van der Waals surface area contributed by atoms with Crippen LogP contribution in [0.2, 0.25) is 10.0 Å². The number of anilines is 2. The lowest BCUT2D eigenvalue weighted by molar-refractivity contribution is -0.125. The Morgan fingerprint density at radius 1 is 0.971 bits per heavy atom. The molecule has 3 aromatic carbocycles. The predicted molar refractivity (Wildman–Crippen MR) is 133 cm³/mol. The van der Waals surface area contributed by atoms with Crippen molar-refractivity contribution in [2.45, 2.75) is 23.8 Å². The first kappa shape index (κ1) is 24.1. The monoisotopic (exact) mass is 517 g/mol. The van der Waals surface area contributed by atoms with Crippen LogP contribution >= 0.6 is 23.2 Å². The lowest BCUT2D eigenvalue weighted by atomic mass is 10.1. The van der Waals surface area contributed by atoms with Gasteiger partial charge in [0.05, 0.1) is 27.8 Å². The molecule has 0 fully saturated rings. The summed E-state index contributed by atoms with van der Waals surface area (Å²) in [6, 6.07) is 19.0. The van der Waals surface area contributed by atoms with Crippen LogP contribution in [0.15, 0.2) is 77.7 Å². The molecule has 0 spiro atoms. The summed E-state index contributed by atoms with van der Waals surface area (Å²) in [6.45, 7) is 0.348. The van der Waals surface area contributed by atoms with Crippen molar-refractivity contribution in [2.75, 3.05) is 16.2 Å². The summed E-state index contributed by atoms with van der Waals surface area (Å²) in [7, 11) is -4.34. The van der Waals surface area contributed by atoms with Crippen LogP contribution in [0.3, 0.4) is 0 Å². The van der Waals surface area contributed by atoms with Crippen LogP contribution in [0.5, 0.6) is 0 Å². The van der Waals surface area contributed by atoms with Crippen LogP contribution < -0.4 is 14.9 Å².